The molecule has 304 valence electrons. The van der Waals surface area contributed by atoms with Crippen molar-refractivity contribution in [1.82, 2.24) is 4.57 Å². The molecular weight excluding hydrogens is 805 g/mol. The van der Waals surface area contributed by atoms with E-state index in [4.69, 9.17) is 0 Å². The Labute approximate surface area is 381 Å². The summed E-state index contributed by atoms with van der Waals surface area (Å²) in [6.07, 6.45) is 0. The highest BCUT2D eigenvalue weighted by Gasteiger charge is 2.25. The Morgan fingerprint density at radius 2 is 0.877 bits per heavy atom. The molecule has 11 aromatic carbocycles. The Bertz CT molecular complexity index is 3920. The molecule has 0 bridgehead atoms. The highest BCUT2D eigenvalue weighted by molar-refractivity contribution is 7.26. The second kappa shape index (κ2) is 15.2. The van der Waals surface area contributed by atoms with Crippen LogP contribution in [0.4, 0.5) is 17.1 Å². The lowest BCUT2D eigenvalue weighted by Crippen LogP contribution is -2.11. The maximum Gasteiger partial charge on any atom is 0.0562 e. The summed E-state index contributed by atoms with van der Waals surface area (Å²) in [5, 5.41) is 9.92. The number of fused-ring (bicyclic) bond motifs is 8. The quantitative estimate of drug-likeness (QED) is 0.155. The van der Waals surface area contributed by atoms with Crippen LogP contribution in [0.1, 0.15) is 0 Å². The summed E-state index contributed by atoms with van der Waals surface area (Å²) in [6.45, 7) is 0. The van der Waals surface area contributed by atoms with Gasteiger partial charge in [0.25, 0.3) is 0 Å². The summed E-state index contributed by atoms with van der Waals surface area (Å²) >= 11 is 1.88. The molecule has 0 aliphatic heterocycles. The molecule has 0 saturated carbocycles. The molecule has 0 fully saturated rings. The molecule has 0 unspecified atom stereocenters. The molecule has 2 heterocycles. The fraction of sp³-hybridized carbons (Fsp3) is 0. The fourth-order valence-electron chi connectivity index (χ4n) is 10.2. The highest BCUT2D eigenvalue weighted by Crippen LogP contribution is 2.51. The van der Waals surface area contributed by atoms with Gasteiger partial charge in [-0.1, -0.05) is 194 Å². The number of nitrogens with zero attached hydrogens (tertiary/aromatic N) is 2. The van der Waals surface area contributed by atoms with Gasteiger partial charge in [-0.15, -0.1) is 11.3 Å². The predicted octanol–water partition coefficient (Wildman–Crippen LogP) is 17.9. The molecule has 3 heteroatoms. The zero-order valence-electron chi connectivity index (χ0n) is 35.4. The summed E-state index contributed by atoms with van der Waals surface area (Å²) < 4.78 is 5.03. The molecule has 0 radical (unpaired) electrons. The third-order valence-electron chi connectivity index (χ3n) is 13.2. The van der Waals surface area contributed by atoms with Gasteiger partial charge in [0.1, 0.15) is 0 Å². The highest BCUT2D eigenvalue weighted by atomic mass is 32.1. The van der Waals surface area contributed by atoms with Crippen LogP contribution in [0.15, 0.2) is 243 Å². The van der Waals surface area contributed by atoms with Crippen molar-refractivity contribution in [2.24, 2.45) is 0 Å². The topological polar surface area (TPSA) is 8.17 Å². The largest absolute Gasteiger partial charge is 0.309 e. The summed E-state index contributed by atoms with van der Waals surface area (Å²) in [7, 11) is 0. The normalized spacial score (nSPS) is 11.7. The minimum Gasteiger partial charge on any atom is -0.309 e. The van der Waals surface area contributed by atoms with Crippen molar-refractivity contribution >= 4 is 91.9 Å². The van der Waals surface area contributed by atoms with E-state index in [2.05, 4.69) is 252 Å². The molecule has 65 heavy (non-hydrogen) atoms. The van der Waals surface area contributed by atoms with Gasteiger partial charge in [0.2, 0.25) is 0 Å². The maximum atomic E-state index is 2.52. The van der Waals surface area contributed by atoms with Crippen LogP contribution in [-0.4, -0.2) is 4.57 Å². The van der Waals surface area contributed by atoms with E-state index in [9.17, 15) is 0 Å². The average Bonchev–Trinajstić information content (AvgIpc) is 3.94. The van der Waals surface area contributed by atoms with Crippen LogP contribution in [0.5, 0.6) is 0 Å². The predicted molar refractivity (Wildman–Crippen MR) is 280 cm³/mol. The second-order valence-corrected chi connectivity index (χ2v) is 17.9. The van der Waals surface area contributed by atoms with Crippen LogP contribution < -0.4 is 4.90 Å². The minimum atomic E-state index is 1.10. The van der Waals surface area contributed by atoms with Crippen LogP contribution in [0.2, 0.25) is 0 Å². The van der Waals surface area contributed by atoms with E-state index in [1.807, 2.05) is 11.3 Å². The summed E-state index contributed by atoms with van der Waals surface area (Å²) in [5.41, 5.74) is 14.2. The van der Waals surface area contributed by atoms with Crippen molar-refractivity contribution < 1.29 is 0 Å². The number of aromatic nitrogens is 1. The Morgan fingerprint density at radius 3 is 1.68 bits per heavy atom. The van der Waals surface area contributed by atoms with Crippen LogP contribution >= 0.6 is 11.3 Å². The summed E-state index contributed by atoms with van der Waals surface area (Å²) in [4.78, 5) is 2.52. The van der Waals surface area contributed by atoms with Gasteiger partial charge >= 0.3 is 0 Å². The maximum absolute atomic E-state index is 2.52. The van der Waals surface area contributed by atoms with E-state index < -0.39 is 0 Å². The van der Waals surface area contributed by atoms with E-state index in [0.29, 0.717) is 0 Å². The molecular formula is C62H40N2S. The molecule has 2 aromatic heterocycles. The number of hydrogen-bond donors (Lipinski definition) is 0. The zero-order valence-corrected chi connectivity index (χ0v) is 36.2. The van der Waals surface area contributed by atoms with Gasteiger partial charge in [0, 0.05) is 42.0 Å². The number of rotatable bonds is 7. The first-order valence-electron chi connectivity index (χ1n) is 22.3. The fourth-order valence-corrected chi connectivity index (χ4v) is 11.5. The van der Waals surface area contributed by atoms with Crippen LogP contribution in [0, 0.1) is 0 Å². The van der Waals surface area contributed by atoms with Gasteiger partial charge in [0.15, 0.2) is 0 Å². The van der Waals surface area contributed by atoms with Crippen LogP contribution in [0.25, 0.3) is 103 Å². The Morgan fingerprint density at radius 1 is 0.323 bits per heavy atom. The van der Waals surface area contributed by atoms with E-state index in [-0.39, 0.29) is 0 Å². The number of hydrogen-bond acceptors (Lipinski definition) is 2. The molecule has 0 N–H and O–H groups in total. The van der Waals surface area contributed by atoms with E-state index >= 15 is 0 Å². The Balaban J connectivity index is 1.03. The number of anilines is 3. The Hall–Kier alpha value is -8.24. The second-order valence-electron chi connectivity index (χ2n) is 16.8. The average molecular weight is 845 g/mol. The van der Waals surface area contributed by atoms with Gasteiger partial charge in [-0.2, -0.15) is 0 Å². The molecule has 0 aliphatic carbocycles. The first kappa shape index (κ1) is 37.3. The van der Waals surface area contributed by atoms with Crippen molar-refractivity contribution in [3.05, 3.63) is 243 Å². The molecule has 0 aliphatic rings. The lowest BCUT2D eigenvalue weighted by atomic mass is 9.96. The Kier molecular flexibility index (Phi) is 8.75. The SMILES string of the molecule is c1ccc(-c2ccc(N(c3ccc(-c4ccc(-c5cccc6ccccc56)cc4)cc3)c3cccc4c3c3ccccc3n4-c3cccc4ccccc34)c3c2sc2ccccc23)cc1. The summed E-state index contributed by atoms with van der Waals surface area (Å²) in [6, 6.07) is 88.9. The van der Waals surface area contributed by atoms with Crippen molar-refractivity contribution in [2.75, 3.05) is 4.90 Å². The van der Waals surface area contributed by atoms with Crippen molar-refractivity contribution in [1.29, 1.82) is 0 Å². The van der Waals surface area contributed by atoms with Crippen molar-refractivity contribution in [3.63, 3.8) is 0 Å². The first-order chi connectivity index (χ1) is 32.3. The third-order valence-corrected chi connectivity index (χ3v) is 14.4. The van der Waals surface area contributed by atoms with Crippen molar-refractivity contribution in [2.45, 2.75) is 0 Å². The standard InChI is InChI=1S/C62H40N2S/c1-2-15-45(16-3-1)51-39-40-58(61-53-24-9-11-30-59(53)65-62(51)61)63(47-37-35-42(36-38-47)41-31-33-46(34-32-41)49-25-12-19-43-17-4-6-21-48(43)49)56-28-14-29-57-60(56)52-23-8-10-26-55(52)64(57)54-27-13-20-44-18-5-7-22-50(44)54/h1-40H. The van der Waals surface area contributed by atoms with E-state index in [1.54, 1.807) is 0 Å². The van der Waals surface area contributed by atoms with Gasteiger partial charge < -0.3 is 9.47 Å². The first-order valence-corrected chi connectivity index (χ1v) is 23.1. The molecule has 13 aromatic rings. The number of thiophene rings is 1. The molecule has 13 rings (SSSR count). The molecule has 2 nitrogen and oxygen atoms in total. The van der Waals surface area contributed by atoms with E-state index in [1.165, 1.54) is 103 Å². The summed E-state index contributed by atoms with van der Waals surface area (Å²) in [5.74, 6) is 0. The lowest BCUT2D eigenvalue weighted by molar-refractivity contribution is 1.20. The molecule has 0 spiro atoms. The van der Waals surface area contributed by atoms with Gasteiger partial charge in [-0.3, -0.25) is 0 Å². The monoisotopic (exact) mass is 844 g/mol. The minimum absolute atomic E-state index is 1.10. The van der Waals surface area contributed by atoms with Crippen LogP contribution in [-0.2, 0) is 0 Å². The molecule has 0 amide bonds. The van der Waals surface area contributed by atoms with Gasteiger partial charge in [0.05, 0.1) is 28.1 Å². The van der Waals surface area contributed by atoms with Crippen LogP contribution in [0.3, 0.4) is 0 Å². The third kappa shape index (κ3) is 6.08. The smallest absolute Gasteiger partial charge is 0.0562 e. The lowest BCUT2D eigenvalue weighted by Gasteiger charge is -2.28. The number of benzene rings is 11. The van der Waals surface area contributed by atoms with Gasteiger partial charge in [-0.05, 0) is 98.1 Å². The van der Waals surface area contributed by atoms with Gasteiger partial charge in [-0.25, -0.2) is 0 Å². The van der Waals surface area contributed by atoms with Crippen molar-refractivity contribution in [3.8, 4) is 39.1 Å². The molecule has 0 atom stereocenters. The van der Waals surface area contributed by atoms with E-state index in [0.717, 1.165) is 17.1 Å². The zero-order chi connectivity index (χ0) is 42.8. The number of para-hydroxylation sites is 1. The molecule has 0 saturated heterocycles.